The van der Waals surface area contributed by atoms with E-state index in [1.54, 1.807) is 36.4 Å². The van der Waals surface area contributed by atoms with E-state index in [0.29, 0.717) is 40.1 Å². The predicted octanol–water partition coefficient (Wildman–Crippen LogP) is 5.94. The maximum atomic E-state index is 15.0. The van der Waals surface area contributed by atoms with Gasteiger partial charge < -0.3 is 19.5 Å². The van der Waals surface area contributed by atoms with Crippen LogP contribution < -0.4 is 0 Å². The molecule has 0 spiro atoms. The maximum absolute atomic E-state index is 15.0. The Morgan fingerprint density at radius 2 is 1.74 bits per heavy atom. The summed E-state index contributed by atoms with van der Waals surface area (Å²) in [6, 6.07) is 17.2. The van der Waals surface area contributed by atoms with Crippen LogP contribution in [0.5, 0.6) is 0 Å². The van der Waals surface area contributed by atoms with Crippen molar-refractivity contribution in [1.82, 2.24) is 24.1 Å². The number of aliphatic hydroxyl groups is 1. The fourth-order valence-electron chi connectivity index (χ4n) is 6.14. The van der Waals surface area contributed by atoms with Gasteiger partial charge in [-0.25, -0.2) is 9.07 Å². The quantitative estimate of drug-likeness (QED) is 0.231. The SMILES string of the molecule is CN(C)C1CCN(CCCn2cc(C(O)(c3ccc4c(cnn4-c4ccc(F)cc4)c3)C(F)(F)F)c3ccccc32)C1. The lowest BCUT2D eigenvalue weighted by molar-refractivity contribution is -0.247. The van der Waals surface area contributed by atoms with Gasteiger partial charge in [-0.15, -0.1) is 0 Å². The molecule has 1 saturated heterocycles. The number of benzene rings is 3. The molecule has 0 radical (unpaired) electrons. The lowest BCUT2D eigenvalue weighted by Gasteiger charge is -2.31. The molecule has 3 aromatic carbocycles. The maximum Gasteiger partial charge on any atom is 0.425 e. The van der Waals surface area contributed by atoms with E-state index >= 15 is 0 Å². The van der Waals surface area contributed by atoms with Gasteiger partial charge in [0, 0.05) is 47.2 Å². The number of halogens is 4. The molecule has 6 nitrogen and oxygen atoms in total. The molecule has 2 unspecified atom stereocenters. The third kappa shape index (κ3) is 4.97. The van der Waals surface area contributed by atoms with Crippen molar-refractivity contribution < 1.29 is 22.7 Å². The number of hydrogen-bond acceptors (Lipinski definition) is 4. The van der Waals surface area contributed by atoms with Crippen LogP contribution in [-0.4, -0.2) is 75.2 Å². The van der Waals surface area contributed by atoms with Crippen molar-refractivity contribution >= 4 is 21.8 Å². The van der Waals surface area contributed by atoms with Crippen molar-refractivity contribution in [3.8, 4) is 5.69 Å². The minimum atomic E-state index is -5.00. The van der Waals surface area contributed by atoms with Gasteiger partial charge >= 0.3 is 6.18 Å². The van der Waals surface area contributed by atoms with E-state index in [9.17, 15) is 22.7 Å². The first-order chi connectivity index (χ1) is 20.1. The number of nitrogens with zero attached hydrogens (tertiary/aromatic N) is 5. The molecule has 2 atom stereocenters. The molecule has 0 saturated carbocycles. The van der Waals surface area contributed by atoms with Crippen molar-refractivity contribution in [3.63, 3.8) is 0 Å². The Morgan fingerprint density at radius 1 is 0.976 bits per heavy atom. The molecule has 2 aromatic heterocycles. The summed E-state index contributed by atoms with van der Waals surface area (Å²) in [6.45, 7) is 3.37. The summed E-state index contributed by atoms with van der Waals surface area (Å²) in [4.78, 5) is 4.62. The molecule has 6 rings (SSSR count). The molecule has 0 amide bonds. The number of aryl methyl sites for hydroxylation is 1. The van der Waals surface area contributed by atoms with Crippen LogP contribution in [0.15, 0.2) is 79.1 Å². The van der Waals surface area contributed by atoms with Crippen LogP contribution in [0.1, 0.15) is 24.0 Å². The van der Waals surface area contributed by atoms with Crippen molar-refractivity contribution in [3.05, 3.63) is 96.1 Å². The zero-order valence-corrected chi connectivity index (χ0v) is 23.5. The summed E-state index contributed by atoms with van der Waals surface area (Å²) in [5.74, 6) is -0.402. The summed E-state index contributed by atoms with van der Waals surface area (Å²) in [7, 11) is 4.16. The summed E-state index contributed by atoms with van der Waals surface area (Å²) in [6.07, 6.45) is -0.218. The Morgan fingerprint density at radius 3 is 2.45 bits per heavy atom. The van der Waals surface area contributed by atoms with Crippen LogP contribution in [0.4, 0.5) is 17.6 Å². The van der Waals surface area contributed by atoms with E-state index in [1.807, 2.05) is 4.57 Å². The highest BCUT2D eigenvalue weighted by Crippen LogP contribution is 2.47. The number of para-hydroxylation sites is 1. The lowest BCUT2D eigenvalue weighted by Crippen LogP contribution is -2.43. The number of likely N-dealkylation sites (N-methyl/N-ethyl adjacent to an activating group) is 1. The highest BCUT2D eigenvalue weighted by atomic mass is 19.4. The smallest absolute Gasteiger partial charge is 0.372 e. The third-order valence-corrected chi connectivity index (χ3v) is 8.50. The average molecular weight is 580 g/mol. The normalized spacial score (nSPS) is 18.0. The van der Waals surface area contributed by atoms with Crippen LogP contribution in [0.2, 0.25) is 0 Å². The second-order valence-corrected chi connectivity index (χ2v) is 11.3. The Balaban J connectivity index is 1.35. The molecular weight excluding hydrogens is 546 g/mol. The van der Waals surface area contributed by atoms with Gasteiger partial charge in [-0.1, -0.05) is 24.3 Å². The fraction of sp³-hybridized carbons (Fsp3) is 0.344. The molecule has 42 heavy (non-hydrogen) atoms. The highest BCUT2D eigenvalue weighted by molar-refractivity contribution is 5.87. The van der Waals surface area contributed by atoms with E-state index in [4.69, 9.17) is 0 Å². The summed E-state index contributed by atoms with van der Waals surface area (Å²) >= 11 is 0. The molecule has 0 aliphatic carbocycles. The molecular formula is C32H33F4N5O. The van der Waals surface area contributed by atoms with Gasteiger partial charge in [-0.05, 0) is 88.1 Å². The van der Waals surface area contributed by atoms with Gasteiger partial charge in [0.15, 0.2) is 0 Å². The monoisotopic (exact) mass is 579 g/mol. The minimum Gasteiger partial charge on any atom is -0.372 e. The van der Waals surface area contributed by atoms with Crippen LogP contribution >= 0.6 is 0 Å². The van der Waals surface area contributed by atoms with Crippen LogP contribution in [0.3, 0.4) is 0 Å². The molecule has 3 heterocycles. The Hall–Kier alpha value is -3.73. The van der Waals surface area contributed by atoms with Gasteiger partial charge in [0.05, 0.1) is 17.4 Å². The number of alkyl halides is 3. The molecule has 5 aromatic rings. The first kappa shape index (κ1) is 28.4. The van der Waals surface area contributed by atoms with E-state index < -0.39 is 17.6 Å². The van der Waals surface area contributed by atoms with E-state index in [2.05, 4.69) is 29.0 Å². The number of aromatic nitrogens is 3. The Bertz CT molecular complexity index is 1710. The number of rotatable bonds is 8. The summed E-state index contributed by atoms with van der Waals surface area (Å²) < 4.78 is 61.6. The van der Waals surface area contributed by atoms with Gasteiger partial charge in [0.25, 0.3) is 0 Å². The van der Waals surface area contributed by atoms with Gasteiger partial charge in [-0.2, -0.15) is 18.3 Å². The van der Waals surface area contributed by atoms with Gasteiger partial charge in [0.1, 0.15) is 5.82 Å². The first-order valence-corrected chi connectivity index (χ1v) is 14.1. The second kappa shape index (κ2) is 10.8. The van der Waals surface area contributed by atoms with Crippen molar-refractivity contribution in [1.29, 1.82) is 0 Å². The highest BCUT2D eigenvalue weighted by Gasteiger charge is 2.57. The number of likely N-dealkylation sites (tertiary alicyclic amines) is 1. The van der Waals surface area contributed by atoms with Crippen molar-refractivity contribution in [2.75, 3.05) is 33.7 Å². The lowest BCUT2D eigenvalue weighted by atomic mass is 9.85. The van der Waals surface area contributed by atoms with Gasteiger partial charge in [0.2, 0.25) is 5.60 Å². The minimum absolute atomic E-state index is 0.204. The molecule has 1 aliphatic rings. The first-order valence-electron chi connectivity index (χ1n) is 14.1. The molecule has 0 bridgehead atoms. The number of hydrogen-bond donors (Lipinski definition) is 1. The van der Waals surface area contributed by atoms with E-state index in [0.717, 1.165) is 32.5 Å². The average Bonchev–Trinajstić information content (AvgIpc) is 3.70. The van der Waals surface area contributed by atoms with E-state index in [1.165, 1.54) is 47.4 Å². The zero-order chi connectivity index (χ0) is 29.6. The predicted molar refractivity (Wildman–Crippen MR) is 155 cm³/mol. The largest absolute Gasteiger partial charge is 0.425 e. The van der Waals surface area contributed by atoms with Crippen molar-refractivity contribution in [2.24, 2.45) is 0 Å². The Kier molecular flexibility index (Phi) is 7.32. The van der Waals surface area contributed by atoms with Crippen molar-refractivity contribution in [2.45, 2.75) is 37.2 Å². The zero-order valence-electron chi connectivity index (χ0n) is 23.5. The third-order valence-electron chi connectivity index (χ3n) is 8.50. The van der Waals surface area contributed by atoms with Crippen LogP contribution in [0, 0.1) is 5.82 Å². The summed E-state index contributed by atoms with van der Waals surface area (Å²) in [5.41, 5.74) is -2.00. The van der Waals surface area contributed by atoms with Gasteiger partial charge in [-0.3, -0.25) is 0 Å². The molecule has 1 N–H and O–H groups in total. The van der Waals surface area contributed by atoms with E-state index in [-0.39, 0.29) is 11.1 Å². The fourth-order valence-corrected chi connectivity index (χ4v) is 6.14. The molecule has 1 aliphatic heterocycles. The molecule has 10 heteroatoms. The summed E-state index contributed by atoms with van der Waals surface area (Å²) in [5, 5.41) is 16.8. The Labute approximate surface area is 241 Å². The second-order valence-electron chi connectivity index (χ2n) is 11.3. The van der Waals surface area contributed by atoms with Crippen LogP contribution in [-0.2, 0) is 12.1 Å². The van der Waals surface area contributed by atoms with Crippen LogP contribution in [0.25, 0.3) is 27.5 Å². The number of fused-ring (bicyclic) bond motifs is 2. The molecule has 1 fully saturated rings. The standard InChI is InChI=1S/C32H33F4N5O/c1-38(2)26-14-17-39(20-26)15-5-16-40-21-28(27-6-3-4-7-30(27)40)31(42,32(34,35)36)23-8-13-29-22(18-23)19-37-41(29)25-11-9-24(33)10-12-25/h3-4,6-13,18-19,21,26,42H,5,14-17,20H2,1-2H3. The topological polar surface area (TPSA) is 49.5 Å². The molecule has 220 valence electrons.